The second-order valence-corrected chi connectivity index (χ2v) is 6.87. The molecule has 1 atom stereocenters. The van der Waals surface area contributed by atoms with Crippen molar-refractivity contribution in [3.05, 3.63) is 45.7 Å². The number of nitrogens with two attached hydrogens (primary N) is 1. The summed E-state index contributed by atoms with van der Waals surface area (Å²) >= 11 is 3.46. The maximum Gasteiger partial charge on any atom is 0.123 e. The van der Waals surface area contributed by atoms with Crippen molar-refractivity contribution in [2.75, 3.05) is 0 Å². The minimum atomic E-state index is -0.194. The molecule has 5 heteroatoms. The van der Waals surface area contributed by atoms with E-state index in [0.717, 1.165) is 34.2 Å². The zero-order valence-corrected chi connectivity index (χ0v) is 12.1. The predicted molar refractivity (Wildman–Crippen MR) is 77.9 cm³/mol. The minimum absolute atomic E-state index is 0.115. The monoisotopic (exact) mass is 294 g/mol. The molecule has 1 aliphatic carbocycles. The van der Waals surface area contributed by atoms with Crippen LogP contribution in [0.4, 0.5) is 4.39 Å². The molecule has 2 nitrogen and oxygen atoms in total. The Morgan fingerprint density at radius 1 is 1.37 bits per heavy atom. The third kappa shape index (κ3) is 2.99. The highest BCUT2D eigenvalue weighted by molar-refractivity contribution is 7.98. The van der Waals surface area contributed by atoms with Gasteiger partial charge in [-0.1, -0.05) is 0 Å². The fourth-order valence-corrected chi connectivity index (χ4v) is 4.31. The quantitative estimate of drug-likeness (QED) is 0.872. The average Bonchev–Trinajstić information content (AvgIpc) is 2.83. The fourth-order valence-electron chi connectivity index (χ4n) is 2.24. The summed E-state index contributed by atoms with van der Waals surface area (Å²) in [6.45, 7) is 0. The Morgan fingerprint density at radius 2 is 2.16 bits per heavy atom. The summed E-state index contributed by atoms with van der Waals surface area (Å²) < 4.78 is 12.8. The Bertz CT molecular complexity index is 565. The zero-order chi connectivity index (χ0) is 13.2. The topological polar surface area (TPSA) is 38.9 Å². The molecule has 3 rings (SSSR count). The average molecular weight is 294 g/mol. The van der Waals surface area contributed by atoms with E-state index in [4.69, 9.17) is 5.73 Å². The zero-order valence-electron chi connectivity index (χ0n) is 10.4. The van der Waals surface area contributed by atoms with Gasteiger partial charge in [-0.3, -0.25) is 0 Å². The Balaban J connectivity index is 1.69. The van der Waals surface area contributed by atoms with Crippen LogP contribution in [0.5, 0.6) is 0 Å². The molecular weight excluding hydrogens is 279 g/mol. The molecule has 1 unspecified atom stereocenters. The molecule has 0 bridgehead atoms. The number of thioether (sulfide) groups is 1. The summed E-state index contributed by atoms with van der Waals surface area (Å²) in [5.74, 6) is 0.635. The summed E-state index contributed by atoms with van der Waals surface area (Å²) in [6.07, 6.45) is 3.32. The summed E-state index contributed by atoms with van der Waals surface area (Å²) in [5, 5.41) is 1.12. The highest BCUT2D eigenvalue weighted by Crippen LogP contribution is 2.34. The molecule has 0 fully saturated rings. The van der Waals surface area contributed by atoms with Crippen molar-refractivity contribution < 1.29 is 4.39 Å². The standard InChI is InChI=1S/C14H15FN2S2/c15-9-4-6-10(7-5-9)18-8-13-17-14-11(16)2-1-3-12(14)19-13/h4-7,11H,1-3,8,16H2. The molecule has 0 saturated carbocycles. The van der Waals surface area contributed by atoms with E-state index < -0.39 is 0 Å². The van der Waals surface area contributed by atoms with E-state index in [9.17, 15) is 4.39 Å². The van der Waals surface area contributed by atoms with Gasteiger partial charge in [0.15, 0.2) is 0 Å². The van der Waals surface area contributed by atoms with Gasteiger partial charge >= 0.3 is 0 Å². The lowest BCUT2D eigenvalue weighted by molar-refractivity contribution is 0.563. The predicted octanol–water partition coefficient (Wildman–Crippen LogP) is 3.91. The molecule has 0 spiro atoms. The van der Waals surface area contributed by atoms with Crippen LogP contribution in [0.15, 0.2) is 29.2 Å². The summed E-state index contributed by atoms with van der Waals surface area (Å²) in [4.78, 5) is 7.09. The van der Waals surface area contributed by atoms with Gasteiger partial charge in [0.2, 0.25) is 0 Å². The molecule has 1 aromatic carbocycles. The highest BCUT2D eigenvalue weighted by atomic mass is 32.2. The molecule has 1 aromatic heterocycles. The van der Waals surface area contributed by atoms with Gasteiger partial charge in [-0.25, -0.2) is 9.37 Å². The number of fused-ring (bicyclic) bond motifs is 1. The van der Waals surface area contributed by atoms with Gasteiger partial charge in [0.05, 0.1) is 11.4 Å². The van der Waals surface area contributed by atoms with Crippen LogP contribution in [0.2, 0.25) is 0 Å². The number of thiazole rings is 1. The van der Waals surface area contributed by atoms with Gasteiger partial charge in [-0.15, -0.1) is 23.1 Å². The molecular formula is C14H15FN2S2. The second kappa shape index (κ2) is 5.61. The number of aryl methyl sites for hydroxylation is 1. The molecule has 100 valence electrons. The molecule has 2 N–H and O–H groups in total. The van der Waals surface area contributed by atoms with Crippen LogP contribution in [0.3, 0.4) is 0 Å². The molecule has 1 heterocycles. The van der Waals surface area contributed by atoms with Crippen molar-refractivity contribution in [1.82, 2.24) is 4.98 Å². The number of hydrogen-bond donors (Lipinski definition) is 1. The lowest BCUT2D eigenvalue weighted by atomic mass is 9.99. The minimum Gasteiger partial charge on any atom is -0.323 e. The third-order valence-electron chi connectivity index (χ3n) is 3.22. The maximum atomic E-state index is 12.8. The van der Waals surface area contributed by atoms with Crippen LogP contribution in [-0.2, 0) is 12.2 Å². The molecule has 1 aliphatic rings. The van der Waals surface area contributed by atoms with Crippen molar-refractivity contribution in [2.45, 2.75) is 36.0 Å². The normalized spacial score (nSPS) is 18.3. The van der Waals surface area contributed by atoms with Crippen molar-refractivity contribution in [3.8, 4) is 0 Å². The van der Waals surface area contributed by atoms with E-state index in [1.165, 1.54) is 23.4 Å². The Hall–Kier alpha value is -0.910. The van der Waals surface area contributed by atoms with Crippen molar-refractivity contribution in [2.24, 2.45) is 5.73 Å². The van der Waals surface area contributed by atoms with Crippen LogP contribution < -0.4 is 5.73 Å². The van der Waals surface area contributed by atoms with Crippen LogP contribution in [0, 0.1) is 5.82 Å². The number of rotatable bonds is 3. The van der Waals surface area contributed by atoms with E-state index in [0.29, 0.717) is 0 Å². The first-order chi connectivity index (χ1) is 9.22. The van der Waals surface area contributed by atoms with Gasteiger partial charge in [0, 0.05) is 15.8 Å². The van der Waals surface area contributed by atoms with Gasteiger partial charge in [-0.05, 0) is 43.5 Å². The summed E-state index contributed by atoms with van der Waals surface area (Å²) in [6, 6.07) is 6.71. The van der Waals surface area contributed by atoms with Crippen LogP contribution >= 0.6 is 23.1 Å². The fraction of sp³-hybridized carbons (Fsp3) is 0.357. The number of aromatic nitrogens is 1. The van der Waals surface area contributed by atoms with Crippen molar-refractivity contribution >= 4 is 23.1 Å². The van der Waals surface area contributed by atoms with Gasteiger partial charge < -0.3 is 5.73 Å². The number of nitrogens with zero attached hydrogens (tertiary/aromatic N) is 1. The van der Waals surface area contributed by atoms with E-state index in [2.05, 4.69) is 4.98 Å². The van der Waals surface area contributed by atoms with E-state index in [1.54, 1.807) is 35.2 Å². The molecule has 0 aliphatic heterocycles. The SMILES string of the molecule is NC1CCCc2sc(CSc3ccc(F)cc3)nc21. The lowest BCUT2D eigenvalue weighted by Crippen LogP contribution is -2.16. The molecule has 0 radical (unpaired) electrons. The Labute approximate surface area is 120 Å². The lowest BCUT2D eigenvalue weighted by Gasteiger charge is -2.15. The summed E-state index contributed by atoms with van der Waals surface area (Å²) in [5.41, 5.74) is 7.18. The second-order valence-electron chi connectivity index (χ2n) is 4.66. The third-order valence-corrected chi connectivity index (χ3v) is 5.55. The van der Waals surface area contributed by atoms with Crippen LogP contribution in [0.25, 0.3) is 0 Å². The molecule has 19 heavy (non-hydrogen) atoms. The van der Waals surface area contributed by atoms with Gasteiger partial charge in [-0.2, -0.15) is 0 Å². The largest absolute Gasteiger partial charge is 0.323 e. The maximum absolute atomic E-state index is 12.8. The Kier molecular flexibility index (Phi) is 3.86. The molecule has 0 amide bonds. The number of hydrogen-bond acceptors (Lipinski definition) is 4. The number of benzene rings is 1. The number of halogens is 1. The van der Waals surface area contributed by atoms with E-state index >= 15 is 0 Å². The van der Waals surface area contributed by atoms with Gasteiger partial charge in [0.1, 0.15) is 10.8 Å². The Morgan fingerprint density at radius 3 is 2.89 bits per heavy atom. The van der Waals surface area contributed by atoms with Gasteiger partial charge in [0.25, 0.3) is 0 Å². The van der Waals surface area contributed by atoms with Crippen molar-refractivity contribution in [1.29, 1.82) is 0 Å². The molecule has 2 aromatic rings. The van der Waals surface area contributed by atoms with E-state index in [-0.39, 0.29) is 11.9 Å². The smallest absolute Gasteiger partial charge is 0.123 e. The van der Waals surface area contributed by atoms with Crippen LogP contribution in [0.1, 0.15) is 34.5 Å². The first-order valence-electron chi connectivity index (χ1n) is 6.35. The van der Waals surface area contributed by atoms with Crippen molar-refractivity contribution in [3.63, 3.8) is 0 Å². The first kappa shape index (κ1) is 13.1. The first-order valence-corrected chi connectivity index (χ1v) is 8.15. The van der Waals surface area contributed by atoms with E-state index in [1.807, 2.05) is 0 Å². The van der Waals surface area contributed by atoms with Crippen LogP contribution in [-0.4, -0.2) is 4.98 Å². The highest BCUT2D eigenvalue weighted by Gasteiger charge is 2.21. The molecule has 0 saturated heterocycles. The summed E-state index contributed by atoms with van der Waals surface area (Å²) in [7, 11) is 0.